The Morgan fingerprint density at radius 1 is 0.826 bits per heavy atom. The lowest BCUT2D eigenvalue weighted by atomic mass is 9.84. The average molecular weight is 629 g/mol. The van der Waals surface area contributed by atoms with Gasteiger partial charge in [-0.05, 0) is 42.2 Å². The van der Waals surface area contributed by atoms with Gasteiger partial charge in [-0.15, -0.1) is 11.8 Å². The molecule has 46 heavy (non-hydrogen) atoms. The molecule has 2 heterocycles. The third-order valence-corrected chi connectivity index (χ3v) is 10.2. The first-order valence-corrected chi connectivity index (χ1v) is 16.3. The number of carbonyl (C=O) groups excluding carboxylic acids is 3. The molecular weight excluding hydrogens is 593 g/mol. The Bertz CT molecular complexity index is 1630. The minimum atomic E-state index is -0.543. The van der Waals surface area contributed by atoms with E-state index in [-0.39, 0.29) is 36.3 Å². The molecule has 0 N–H and O–H groups in total. The molecule has 232 valence electrons. The molecule has 6 nitrogen and oxygen atoms in total. The molecule has 0 aromatic heterocycles. The maximum Gasteiger partial charge on any atom is 0.410 e. The van der Waals surface area contributed by atoms with Gasteiger partial charge in [-0.3, -0.25) is 14.5 Å². The van der Waals surface area contributed by atoms with Crippen LogP contribution in [0.5, 0.6) is 0 Å². The molecule has 2 aliphatic heterocycles. The van der Waals surface area contributed by atoms with Crippen LogP contribution in [0.25, 0.3) is 0 Å². The summed E-state index contributed by atoms with van der Waals surface area (Å²) in [7, 11) is 0. The number of hydrogen-bond donors (Lipinski definition) is 0. The van der Waals surface area contributed by atoms with Crippen LogP contribution in [-0.2, 0) is 9.48 Å². The van der Waals surface area contributed by atoms with Crippen molar-refractivity contribution in [2.24, 2.45) is 0 Å². The number of fused-ring (bicyclic) bond motifs is 1. The summed E-state index contributed by atoms with van der Waals surface area (Å²) in [6.45, 7) is 6.33. The Hall–Kier alpha value is -4.88. The molecule has 2 atom stereocenters. The Kier molecular flexibility index (Phi) is 9.22. The summed E-state index contributed by atoms with van der Waals surface area (Å²) in [5.74, 6) is -0.595. The molecule has 4 aromatic rings. The van der Waals surface area contributed by atoms with E-state index in [0.717, 1.165) is 22.3 Å². The molecule has 0 saturated carbocycles. The van der Waals surface area contributed by atoms with Gasteiger partial charge in [0.25, 0.3) is 11.8 Å². The molecule has 0 radical (unpaired) electrons. The van der Waals surface area contributed by atoms with Gasteiger partial charge in [0.15, 0.2) is 0 Å². The maximum absolute atomic E-state index is 13.4. The van der Waals surface area contributed by atoms with Crippen molar-refractivity contribution in [3.63, 3.8) is 0 Å². The second-order valence-corrected chi connectivity index (χ2v) is 13.1. The Morgan fingerprint density at radius 2 is 1.30 bits per heavy atom. The molecule has 0 bridgehead atoms. The van der Waals surface area contributed by atoms with E-state index in [1.807, 2.05) is 43.0 Å². The van der Waals surface area contributed by atoms with Gasteiger partial charge >= 0.3 is 6.09 Å². The molecule has 1 saturated heterocycles. The summed E-state index contributed by atoms with van der Waals surface area (Å²) in [5, 5.41) is 0.0326. The SMILES string of the molecule is C=CCOC(=O)N1C[C@@H](SC(c2ccccc2)(c2ccccc2)c2ccccc2)C[C@H]1C=C(C)CN1C(=O)c2ccccc2C1=O. The lowest BCUT2D eigenvalue weighted by Crippen LogP contribution is -2.36. The minimum absolute atomic E-state index is 0.0326. The summed E-state index contributed by atoms with van der Waals surface area (Å²) in [6.07, 6.45) is 3.82. The number of hydrogen-bond acceptors (Lipinski definition) is 5. The maximum atomic E-state index is 13.4. The zero-order valence-electron chi connectivity index (χ0n) is 25.8. The molecule has 6 rings (SSSR count). The van der Waals surface area contributed by atoms with Crippen molar-refractivity contribution in [2.45, 2.75) is 29.4 Å². The summed E-state index contributed by atoms with van der Waals surface area (Å²) >= 11 is 1.84. The highest BCUT2D eigenvalue weighted by molar-refractivity contribution is 8.01. The van der Waals surface area contributed by atoms with E-state index in [4.69, 9.17) is 4.74 Å². The van der Waals surface area contributed by atoms with Crippen LogP contribution >= 0.6 is 11.8 Å². The first kappa shape index (κ1) is 31.1. The molecule has 4 aromatic carbocycles. The van der Waals surface area contributed by atoms with Gasteiger partial charge in [-0.25, -0.2) is 4.79 Å². The number of likely N-dealkylation sites (tertiary alicyclic amines) is 1. The van der Waals surface area contributed by atoms with Crippen molar-refractivity contribution in [3.05, 3.63) is 167 Å². The summed E-state index contributed by atoms with van der Waals surface area (Å²) in [4.78, 5) is 42.6. The van der Waals surface area contributed by atoms with Gasteiger partial charge in [-0.1, -0.05) is 127 Å². The monoisotopic (exact) mass is 628 g/mol. The van der Waals surface area contributed by atoms with E-state index >= 15 is 0 Å². The highest BCUT2D eigenvalue weighted by Gasteiger charge is 2.44. The number of carbonyl (C=O) groups is 3. The van der Waals surface area contributed by atoms with Crippen molar-refractivity contribution < 1.29 is 19.1 Å². The fraction of sp³-hybridized carbons (Fsp3) is 0.205. The first-order valence-electron chi connectivity index (χ1n) is 15.4. The van der Waals surface area contributed by atoms with E-state index in [1.165, 1.54) is 4.90 Å². The molecule has 1 fully saturated rings. The van der Waals surface area contributed by atoms with Crippen molar-refractivity contribution in [3.8, 4) is 0 Å². The lowest BCUT2D eigenvalue weighted by molar-refractivity contribution is 0.0667. The van der Waals surface area contributed by atoms with Gasteiger partial charge in [0.2, 0.25) is 0 Å². The summed E-state index contributed by atoms with van der Waals surface area (Å²) < 4.78 is 5.00. The third kappa shape index (κ3) is 6.03. The topological polar surface area (TPSA) is 66.9 Å². The van der Waals surface area contributed by atoms with E-state index in [1.54, 1.807) is 35.2 Å². The van der Waals surface area contributed by atoms with Crippen LogP contribution in [0.3, 0.4) is 0 Å². The molecular formula is C39H36N2O4S. The highest BCUT2D eigenvalue weighted by atomic mass is 32.2. The number of thioether (sulfide) groups is 1. The Labute approximate surface area is 274 Å². The molecule has 0 spiro atoms. The first-order chi connectivity index (χ1) is 22.4. The van der Waals surface area contributed by atoms with Gasteiger partial charge < -0.3 is 9.64 Å². The van der Waals surface area contributed by atoms with Crippen LogP contribution in [0.2, 0.25) is 0 Å². The lowest BCUT2D eigenvalue weighted by Gasteiger charge is -2.37. The summed E-state index contributed by atoms with van der Waals surface area (Å²) in [6, 6.07) is 38.1. The van der Waals surface area contributed by atoms with Crippen molar-refractivity contribution in [1.82, 2.24) is 9.80 Å². The number of ether oxygens (including phenoxy) is 1. The summed E-state index contributed by atoms with van der Waals surface area (Å²) in [5.41, 5.74) is 5.13. The van der Waals surface area contributed by atoms with E-state index in [0.29, 0.717) is 24.1 Å². The number of rotatable bonds is 10. The molecule has 0 unspecified atom stereocenters. The largest absolute Gasteiger partial charge is 0.445 e. The zero-order valence-corrected chi connectivity index (χ0v) is 26.6. The van der Waals surface area contributed by atoms with Crippen LogP contribution in [-0.4, -0.2) is 58.7 Å². The third-order valence-electron chi connectivity index (χ3n) is 8.51. The van der Waals surface area contributed by atoms with Crippen LogP contribution in [0.15, 0.2) is 140 Å². The predicted octanol–water partition coefficient (Wildman–Crippen LogP) is 7.72. The van der Waals surface area contributed by atoms with Gasteiger partial charge in [-0.2, -0.15) is 0 Å². The fourth-order valence-corrected chi connectivity index (χ4v) is 8.32. The van der Waals surface area contributed by atoms with Crippen LogP contribution in [0.1, 0.15) is 50.8 Å². The van der Waals surface area contributed by atoms with Crippen molar-refractivity contribution >= 4 is 29.7 Å². The fourth-order valence-electron chi connectivity index (χ4n) is 6.48. The molecule has 3 amide bonds. The van der Waals surface area contributed by atoms with Crippen molar-refractivity contribution in [1.29, 1.82) is 0 Å². The van der Waals surface area contributed by atoms with Crippen LogP contribution in [0.4, 0.5) is 4.79 Å². The quantitative estimate of drug-likeness (QED) is 0.102. The molecule has 0 aliphatic carbocycles. The number of imide groups is 1. The van der Waals surface area contributed by atoms with Gasteiger partial charge in [0.1, 0.15) is 6.61 Å². The van der Waals surface area contributed by atoms with Gasteiger partial charge in [0, 0.05) is 11.8 Å². The Morgan fingerprint density at radius 3 is 1.78 bits per heavy atom. The van der Waals surface area contributed by atoms with Gasteiger partial charge in [0.05, 0.1) is 28.5 Å². The zero-order chi connectivity index (χ0) is 32.1. The smallest absolute Gasteiger partial charge is 0.410 e. The highest BCUT2D eigenvalue weighted by Crippen LogP contribution is 2.52. The van der Waals surface area contributed by atoms with E-state index < -0.39 is 10.8 Å². The van der Waals surface area contributed by atoms with E-state index in [2.05, 4.69) is 79.4 Å². The molecule has 7 heteroatoms. The number of amides is 3. The normalized spacial score (nSPS) is 18.1. The standard InChI is InChI=1S/C39H36N2O4S/c1-3-23-45-38(44)40-27-33(25-32(40)24-28(2)26-41-36(42)34-21-13-14-22-35(34)37(41)43)46-39(29-15-7-4-8-16-29,30-17-9-5-10-18-30)31-19-11-6-12-20-31/h3-22,24,32-33H,1,23,25-27H2,2H3/t32-,33+/m1/s1. The minimum Gasteiger partial charge on any atom is -0.445 e. The number of nitrogens with zero attached hydrogens (tertiary/aromatic N) is 2. The number of benzene rings is 4. The Balaban J connectivity index is 1.34. The predicted molar refractivity (Wildman–Crippen MR) is 183 cm³/mol. The van der Waals surface area contributed by atoms with Crippen LogP contribution in [0, 0.1) is 0 Å². The second kappa shape index (κ2) is 13.6. The second-order valence-electron chi connectivity index (χ2n) is 11.6. The van der Waals surface area contributed by atoms with E-state index in [9.17, 15) is 14.4 Å². The molecule has 2 aliphatic rings. The average Bonchev–Trinajstić information content (AvgIpc) is 3.60. The van der Waals surface area contributed by atoms with Crippen molar-refractivity contribution in [2.75, 3.05) is 19.7 Å². The van der Waals surface area contributed by atoms with Crippen LogP contribution < -0.4 is 0 Å².